The molecule has 0 amide bonds. The Morgan fingerprint density at radius 3 is 2.10 bits per heavy atom. The lowest BCUT2D eigenvalue weighted by molar-refractivity contribution is 0.00578. The summed E-state index contributed by atoms with van der Waals surface area (Å²) in [5, 5.41) is 0. The van der Waals surface area contributed by atoms with E-state index in [0.29, 0.717) is 5.56 Å². The van der Waals surface area contributed by atoms with Gasteiger partial charge in [-0.25, -0.2) is 4.39 Å². The molecule has 3 nitrogen and oxygen atoms in total. The van der Waals surface area contributed by atoms with Gasteiger partial charge in [-0.15, -0.1) is 0 Å². The maximum Gasteiger partial charge on any atom is 0.494 e. The highest BCUT2D eigenvalue weighted by molar-refractivity contribution is 6.62. The molecular weight excluding hydrogens is 270 g/mol. The van der Waals surface area contributed by atoms with Crippen LogP contribution in [-0.4, -0.2) is 24.4 Å². The molecule has 0 spiro atoms. The maximum atomic E-state index is 14.1. The largest absolute Gasteiger partial charge is 0.494 e. The summed E-state index contributed by atoms with van der Waals surface area (Å²) in [5.74, 6) is -0.0846. The molecule has 1 aliphatic rings. The van der Waals surface area contributed by atoms with Crippen LogP contribution in [0.25, 0.3) is 0 Å². The number of hydrogen-bond donors (Lipinski definition) is 0. The van der Waals surface area contributed by atoms with Gasteiger partial charge < -0.3 is 14.0 Å². The summed E-state index contributed by atoms with van der Waals surface area (Å²) in [5.41, 5.74) is 0.471. The van der Waals surface area contributed by atoms with Gasteiger partial charge in [-0.2, -0.15) is 0 Å². The monoisotopic (exact) mass is 294 g/mol. The predicted octanol–water partition coefficient (Wildman–Crippen LogP) is 3.22. The van der Waals surface area contributed by atoms with Crippen LogP contribution in [0.15, 0.2) is 12.1 Å². The van der Waals surface area contributed by atoms with Gasteiger partial charge in [0.1, 0.15) is 0 Å². The Morgan fingerprint density at radius 1 is 1.10 bits per heavy atom. The Hall–Kier alpha value is -1.07. The molecule has 0 atom stereocenters. The van der Waals surface area contributed by atoms with E-state index in [0.717, 1.165) is 5.46 Å². The summed E-state index contributed by atoms with van der Waals surface area (Å²) in [7, 11) is -0.510. The minimum absolute atomic E-state index is 0.0903. The molecule has 0 radical (unpaired) electrons. The van der Waals surface area contributed by atoms with Gasteiger partial charge in [0.2, 0.25) is 0 Å². The standard InChI is InChI=1S/C16H24BFO3/c1-10(2)19-13-9-12(8-11(3)14(13)18)17-20-15(4,5)16(6,7)21-17/h8-10H,1-7H3. The fourth-order valence-electron chi connectivity index (χ4n) is 2.22. The molecule has 0 aromatic heterocycles. The molecule has 1 saturated heterocycles. The third-order valence-electron chi connectivity index (χ3n) is 4.13. The van der Waals surface area contributed by atoms with E-state index in [-0.39, 0.29) is 17.7 Å². The lowest BCUT2D eigenvalue weighted by Crippen LogP contribution is -2.41. The highest BCUT2D eigenvalue weighted by atomic mass is 19.1. The zero-order valence-electron chi connectivity index (χ0n) is 13.9. The first-order chi connectivity index (χ1) is 9.53. The molecular formula is C16H24BFO3. The molecule has 2 rings (SSSR count). The second kappa shape index (κ2) is 5.29. The maximum absolute atomic E-state index is 14.1. The second-order valence-corrected chi connectivity index (χ2v) is 6.90. The summed E-state index contributed by atoms with van der Waals surface area (Å²) in [6, 6.07) is 3.43. The van der Waals surface area contributed by atoms with Crippen molar-refractivity contribution in [3.63, 3.8) is 0 Å². The second-order valence-electron chi connectivity index (χ2n) is 6.90. The Balaban J connectivity index is 2.36. The van der Waals surface area contributed by atoms with Gasteiger partial charge in [0, 0.05) is 0 Å². The van der Waals surface area contributed by atoms with Gasteiger partial charge in [0.25, 0.3) is 0 Å². The third kappa shape index (κ3) is 3.09. The van der Waals surface area contributed by atoms with Crippen LogP contribution >= 0.6 is 0 Å². The molecule has 0 bridgehead atoms. The van der Waals surface area contributed by atoms with Crippen LogP contribution in [0, 0.1) is 12.7 Å². The summed E-state index contributed by atoms with van der Waals surface area (Å²) in [4.78, 5) is 0. The Kier molecular flexibility index (Phi) is 4.11. The van der Waals surface area contributed by atoms with Gasteiger partial charge >= 0.3 is 7.12 Å². The molecule has 1 fully saturated rings. The average molecular weight is 294 g/mol. The Labute approximate surface area is 126 Å². The van der Waals surface area contributed by atoms with Crippen molar-refractivity contribution in [2.45, 2.75) is 65.8 Å². The van der Waals surface area contributed by atoms with E-state index in [1.807, 2.05) is 41.5 Å². The van der Waals surface area contributed by atoms with E-state index in [9.17, 15) is 4.39 Å². The number of benzene rings is 1. The smallest absolute Gasteiger partial charge is 0.488 e. The molecule has 1 aliphatic heterocycles. The molecule has 1 aromatic carbocycles. The van der Waals surface area contributed by atoms with Crippen LogP contribution < -0.4 is 10.2 Å². The van der Waals surface area contributed by atoms with Crippen molar-refractivity contribution in [3.8, 4) is 5.75 Å². The van der Waals surface area contributed by atoms with E-state index in [1.54, 1.807) is 19.1 Å². The molecule has 0 saturated carbocycles. The molecule has 1 aromatic rings. The predicted molar refractivity (Wildman–Crippen MR) is 82.6 cm³/mol. The van der Waals surface area contributed by atoms with Crippen LogP contribution in [0.3, 0.4) is 0 Å². The SMILES string of the molecule is Cc1cc(B2OC(C)(C)C(C)(C)O2)cc(OC(C)C)c1F. The minimum Gasteiger partial charge on any atom is -0.488 e. The molecule has 5 heteroatoms. The van der Waals surface area contributed by atoms with Gasteiger partial charge in [-0.05, 0) is 65.6 Å². The van der Waals surface area contributed by atoms with Gasteiger partial charge in [0.05, 0.1) is 17.3 Å². The quantitative estimate of drug-likeness (QED) is 0.801. The fourth-order valence-corrected chi connectivity index (χ4v) is 2.22. The average Bonchev–Trinajstić information content (AvgIpc) is 2.53. The topological polar surface area (TPSA) is 27.7 Å². The van der Waals surface area contributed by atoms with Crippen LogP contribution in [0.1, 0.15) is 47.1 Å². The fraction of sp³-hybridized carbons (Fsp3) is 0.625. The first-order valence-electron chi connectivity index (χ1n) is 7.36. The molecule has 0 unspecified atom stereocenters. The summed E-state index contributed by atoms with van der Waals surface area (Å²) in [6.45, 7) is 13.4. The first kappa shape index (κ1) is 16.3. The molecule has 0 N–H and O–H groups in total. The number of ether oxygens (including phenoxy) is 1. The number of hydrogen-bond acceptors (Lipinski definition) is 3. The van der Waals surface area contributed by atoms with Crippen molar-refractivity contribution in [2.24, 2.45) is 0 Å². The van der Waals surface area contributed by atoms with Crippen molar-refractivity contribution >= 4 is 12.6 Å². The zero-order valence-corrected chi connectivity index (χ0v) is 13.9. The van der Waals surface area contributed by atoms with E-state index < -0.39 is 18.3 Å². The first-order valence-corrected chi connectivity index (χ1v) is 7.36. The Morgan fingerprint density at radius 2 is 1.62 bits per heavy atom. The molecule has 116 valence electrons. The van der Waals surface area contributed by atoms with E-state index in [2.05, 4.69) is 0 Å². The van der Waals surface area contributed by atoms with E-state index in [4.69, 9.17) is 14.0 Å². The van der Waals surface area contributed by atoms with Gasteiger partial charge in [-0.3, -0.25) is 0 Å². The van der Waals surface area contributed by atoms with E-state index >= 15 is 0 Å². The van der Waals surface area contributed by atoms with Crippen molar-refractivity contribution < 1.29 is 18.4 Å². The molecule has 21 heavy (non-hydrogen) atoms. The van der Waals surface area contributed by atoms with Crippen molar-refractivity contribution in [3.05, 3.63) is 23.5 Å². The highest BCUT2D eigenvalue weighted by Gasteiger charge is 2.51. The van der Waals surface area contributed by atoms with Crippen molar-refractivity contribution in [2.75, 3.05) is 0 Å². The van der Waals surface area contributed by atoms with Crippen molar-refractivity contribution in [1.29, 1.82) is 0 Å². The van der Waals surface area contributed by atoms with Gasteiger partial charge in [-0.1, -0.05) is 6.07 Å². The van der Waals surface area contributed by atoms with Crippen LogP contribution in [0.4, 0.5) is 4.39 Å². The summed E-state index contributed by atoms with van der Waals surface area (Å²) in [6.07, 6.45) is -0.0903. The molecule has 1 heterocycles. The zero-order chi connectivity index (χ0) is 16.0. The lowest BCUT2D eigenvalue weighted by atomic mass is 9.78. The summed E-state index contributed by atoms with van der Waals surface area (Å²) < 4.78 is 31.7. The minimum atomic E-state index is -0.510. The van der Waals surface area contributed by atoms with Crippen LogP contribution in [0.5, 0.6) is 5.75 Å². The number of halogens is 1. The highest BCUT2D eigenvalue weighted by Crippen LogP contribution is 2.37. The van der Waals surface area contributed by atoms with E-state index in [1.165, 1.54) is 0 Å². The number of rotatable bonds is 3. The van der Waals surface area contributed by atoms with Crippen LogP contribution in [-0.2, 0) is 9.31 Å². The van der Waals surface area contributed by atoms with Crippen LogP contribution in [0.2, 0.25) is 0 Å². The summed E-state index contributed by atoms with van der Waals surface area (Å²) >= 11 is 0. The normalized spacial score (nSPS) is 20.1. The lowest BCUT2D eigenvalue weighted by Gasteiger charge is -2.32. The molecule has 0 aliphatic carbocycles. The van der Waals surface area contributed by atoms with Crippen molar-refractivity contribution in [1.82, 2.24) is 0 Å². The Bertz CT molecular complexity index is 525. The number of aryl methyl sites for hydroxylation is 1. The third-order valence-corrected chi connectivity index (χ3v) is 4.13. The van der Waals surface area contributed by atoms with Gasteiger partial charge in [0.15, 0.2) is 11.6 Å².